The summed E-state index contributed by atoms with van der Waals surface area (Å²) < 4.78 is 13.9. The van der Waals surface area contributed by atoms with Crippen LogP contribution in [0.2, 0.25) is 0 Å². The molecule has 1 aromatic rings. The molecular formula is C23H28FN3O4. The maximum absolute atomic E-state index is 13.9. The second kappa shape index (κ2) is 8.40. The molecule has 8 heteroatoms. The van der Waals surface area contributed by atoms with Gasteiger partial charge in [0.05, 0.1) is 12.0 Å². The average molecular weight is 429 g/mol. The van der Waals surface area contributed by atoms with E-state index in [1.807, 2.05) is 4.90 Å². The van der Waals surface area contributed by atoms with Crippen LogP contribution in [0.4, 0.5) is 4.39 Å². The van der Waals surface area contributed by atoms with Gasteiger partial charge in [0.2, 0.25) is 23.6 Å². The van der Waals surface area contributed by atoms with Gasteiger partial charge in [0.25, 0.3) is 0 Å². The number of rotatable bonds is 4. The maximum Gasteiger partial charge on any atom is 0.242 e. The minimum absolute atomic E-state index is 0.0213. The highest BCUT2D eigenvalue weighted by molar-refractivity contribution is 6.10. The van der Waals surface area contributed by atoms with Gasteiger partial charge < -0.3 is 9.80 Å². The molecule has 1 atom stereocenters. The fraction of sp³-hybridized carbons (Fsp3) is 0.565. The molecular weight excluding hydrogens is 401 g/mol. The highest BCUT2D eigenvalue weighted by Crippen LogP contribution is 2.40. The lowest BCUT2D eigenvalue weighted by Gasteiger charge is -2.41. The smallest absolute Gasteiger partial charge is 0.242 e. The first-order valence-electron chi connectivity index (χ1n) is 11.0. The van der Waals surface area contributed by atoms with Gasteiger partial charge in [-0.2, -0.15) is 0 Å². The van der Waals surface area contributed by atoms with Crippen molar-refractivity contribution in [2.24, 2.45) is 0 Å². The molecule has 3 aliphatic rings. The third kappa shape index (κ3) is 3.95. The van der Waals surface area contributed by atoms with Crippen molar-refractivity contribution >= 4 is 23.6 Å². The van der Waals surface area contributed by atoms with Crippen LogP contribution in [0.15, 0.2) is 24.3 Å². The summed E-state index contributed by atoms with van der Waals surface area (Å²) >= 11 is 0. The molecule has 0 spiro atoms. The van der Waals surface area contributed by atoms with Crippen LogP contribution in [0.1, 0.15) is 50.5 Å². The van der Waals surface area contributed by atoms with Crippen LogP contribution in [0.3, 0.4) is 0 Å². The predicted octanol–water partition coefficient (Wildman–Crippen LogP) is 1.85. The zero-order chi connectivity index (χ0) is 22.2. The van der Waals surface area contributed by atoms with E-state index in [2.05, 4.69) is 0 Å². The summed E-state index contributed by atoms with van der Waals surface area (Å²) in [5.41, 5.74) is -1.12. The summed E-state index contributed by atoms with van der Waals surface area (Å²) in [7, 11) is 1.38. The molecule has 0 aromatic heterocycles. The average Bonchev–Trinajstić information content (AvgIpc) is 2.98. The fourth-order valence-electron chi connectivity index (χ4n) is 5.19. The highest BCUT2D eigenvalue weighted by atomic mass is 19.1. The molecule has 0 bridgehead atoms. The molecule has 1 aliphatic carbocycles. The fourth-order valence-corrected chi connectivity index (χ4v) is 5.19. The number of nitrogens with zero attached hydrogens (tertiary/aromatic N) is 3. The Morgan fingerprint density at radius 3 is 2.45 bits per heavy atom. The van der Waals surface area contributed by atoms with E-state index >= 15 is 0 Å². The summed E-state index contributed by atoms with van der Waals surface area (Å²) in [5.74, 6) is -1.88. The second-order valence-electron chi connectivity index (χ2n) is 8.90. The number of hydrogen-bond acceptors (Lipinski definition) is 4. The van der Waals surface area contributed by atoms with E-state index < -0.39 is 23.0 Å². The number of benzene rings is 1. The Balaban J connectivity index is 1.52. The Hall–Kier alpha value is -2.77. The van der Waals surface area contributed by atoms with Gasteiger partial charge >= 0.3 is 0 Å². The third-order valence-corrected chi connectivity index (χ3v) is 7.00. The van der Waals surface area contributed by atoms with Gasteiger partial charge in [-0.15, -0.1) is 0 Å². The van der Waals surface area contributed by atoms with E-state index in [1.54, 1.807) is 6.07 Å². The maximum atomic E-state index is 13.9. The molecule has 1 unspecified atom stereocenters. The van der Waals surface area contributed by atoms with Crippen LogP contribution >= 0.6 is 0 Å². The molecule has 4 amide bonds. The van der Waals surface area contributed by atoms with Crippen molar-refractivity contribution in [1.82, 2.24) is 14.7 Å². The molecule has 1 saturated carbocycles. The minimum atomic E-state index is -1.44. The molecule has 166 valence electrons. The van der Waals surface area contributed by atoms with Crippen molar-refractivity contribution in [1.29, 1.82) is 0 Å². The topological polar surface area (TPSA) is 78.0 Å². The minimum Gasteiger partial charge on any atom is -0.336 e. The van der Waals surface area contributed by atoms with Gasteiger partial charge in [0.1, 0.15) is 5.82 Å². The van der Waals surface area contributed by atoms with Gasteiger partial charge in [-0.05, 0) is 30.5 Å². The van der Waals surface area contributed by atoms with Gasteiger partial charge in [0, 0.05) is 39.0 Å². The van der Waals surface area contributed by atoms with Crippen molar-refractivity contribution in [3.05, 3.63) is 35.6 Å². The van der Waals surface area contributed by atoms with Crippen molar-refractivity contribution in [3.8, 4) is 0 Å². The van der Waals surface area contributed by atoms with E-state index in [9.17, 15) is 23.6 Å². The molecule has 2 heterocycles. The van der Waals surface area contributed by atoms with Crippen LogP contribution in [0.5, 0.6) is 0 Å². The Kier molecular flexibility index (Phi) is 5.81. The summed E-state index contributed by atoms with van der Waals surface area (Å²) in [6.45, 7) is 0.861. The number of halogens is 1. The molecule has 0 N–H and O–H groups in total. The van der Waals surface area contributed by atoms with Crippen molar-refractivity contribution in [2.45, 2.75) is 56.4 Å². The SMILES string of the molecule is CN1C(=O)CC(CC(=O)N2CCN(C3CCCCC3)C(=O)C2)(c2cccc(F)c2)C1=O. The number of likely N-dealkylation sites (N-methyl/N-ethyl adjacent to an activating group) is 1. The Morgan fingerprint density at radius 2 is 1.84 bits per heavy atom. The number of carbonyl (C=O) groups is 4. The van der Waals surface area contributed by atoms with E-state index in [0.717, 1.165) is 30.6 Å². The van der Waals surface area contributed by atoms with Crippen LogP contribution < -0.4 is 0 Å². The first kappa shape index (κ1) is 21.5. The van der Waals surface area contributed by atoms with Crippen LogP contribution in [0.25, 0.3) is 0 Å². The van der Waals surface area contributed by atoms with Crippen molar-refractivity contribution in [2.75, 3.05) is 26.7 Å². The van der Waals surface area contributed by atoms with E-state index in [-0.39, 0.29) is 37.2 Å². The summed E-state index contributed by atoms with van der Waals surface area (Å²) in [6.07, 6.45) is 5.01. The summed E-state index contributed by atoms with van der Waals surface area (Å²) in [6, 6.07) is 5.77. The lowest BCUT2D eigenvalue weighted by atomic mass is 9.75. The van der Waals surface area contributed by atoms with Crippen LogP contribution in [-0.4, -0.2) is 71.1 Å². The zero-order valence-corrected chi connectivity index (χ0v) is 17.8. The predicted molar refractivity (Wildman–Crippen MR) is 110 cm³/mol. The highest BCUT2D eigenvalue weighted by Gasteiger charge is 2.53. The molecule has 0 radical (unpaired) electrons. The standard InChI is InChI=1S/C23H28FN3O4/c1-25-19(28)13-23(22(25)31,16-6-5-7-17(24)12-16)14-20(29)26-10-11-27(21(30)15-26)18-8-3-2-4-9-18/h5-7,12,18H,2-4,8-11,13-15H2,1H3. The molecule has 31 heavy (non-hydrogen) atoms. The largest absolute Gasteiger partial charge is 0.336 e. The number of likely N-dealkylation sites (tertiary alicyclic amines) is 1. The van der Waals surface area contributed by atoms with Gasteiger partial charge in [0.15, 0.2) is 0 Å². The Bertz CT molecular complexity index is 914. The van der Waals surface area contributed by atoms with E-state index in [1.165, 1.54) is 36.6 Å². The lowest BCUT2D eigenvalue weighted by molar-refractivity contribution is -0.149. The Labute approximate surface area is 181 Å². The van der Waals surface area contributed by atoms with Gasteiger partial charge in [-0.25, -0.2) is 4.39 Å². The van der Waals surface area contributed by atoms with Crippen molar-refractivity contribution < 1.29 is 23.6 Å². The molecule has 4 rings (SSSR count). The van der Waals surface area contributed by atoms with Crippen LogP contribution in [-0.2, 0) is 24.6 Å². The zero-order valence-electron chi connectivity index (χ0n) is 17.8. The summed E-state index contributed by atoms with van der Waals surface area (Å²) in [4.78, 5) is 55.7. The Morgan fingerprint density at radius 1 is 1.10 bits per heavy atom. The molecule has 1 aromatic carbocycles. The van der Waals surface area contributed by atoms with Gasteiger partial charge in [-0.3, -0.25) is 24.1 Å². The van der Waals surface area contributed by atoms with E-state index in [4.69, 9.17) is 0 Å². The number of piperazine rings is 1. The lowest BCUT2D eigenvalue weighted by Crippen LogP contribution is -2.56. The van der Waals surface area contributed by atoms with Crippen molar-refractivity contribution in [3.63, 3.8) is 0 Å². The van der Waals surface area contributed by atoms with Crippen LogP contribution in [0, 0.1) is 5.82 Å². The monoisotopic (exact) mass is 429 g/mol. The normalized spacial score (nSPS) is 25.5. The first-order chi connectivity index (χ1) is 14.8. The third-order valence-electron chi connectivity index (χ3n) is 7.00. The van der Waals surface area contributed by atoms with E-state index in [0.29, 0.717) is 18.7 Å². The molecule has 3 fully saturated rings. The van der Waals surface area contributed by atoms with Gasteiger partial charge in [-0.1, -0.05) is 31.4 Å². The number of amides is 4. The molecule has 2 aliphatic heterocycles. The quantitative estimate of drug-likeness (QED) is 0.685. The number of hydrogen-bond donors (Lipinski definition) is 0. The number of imide groups is 1. The molecule has 7 nitrogen and oxygen atoms in total. The number of carbonyl (C=O) groups excluding carboxylic acids is 4. The summed E-state index contributed by atoms with van der Waals surface area (Å²) in [5, 5.41) is 0. The second-order valence-corrected chi connectivity index (χ2v) is 8.90. The first-order valence-corrected chi connectivity index (χ1v) is 11.0. The molecule has 2 saturated heterocycles.